The van der Waals surface area contributed by atoms with Gasteiger partial charge >= 0.3 is 0 Å². The molecule has 0 fully saturated rings. The monoisotopic (exact) mass is 333 g/mol. The molecule has 0 N–H and O–H groups in total. The van der Waals surface area contributed by atoms with Crippen LogP contribution in [0.4, 0.5) is 4.39 Å². The van der Waals surface area contributed by atoms with E-state index in [9.17, 15) is 9.18 Å². The van der Waals surface area contributed by atoms with Crippen LogP contribution in [0.3, 0.4) is 0 Å². The van der Waals surface area contributed by atoms with Crippen molar-refractivity contribution in [3.05, 3.63) is 84.5 Å². The Bertz CT molecular complexity index is 1060. The second-order valence-electron chi connectivity index (χ2n) is 5.32. The van der Waals surface area contributed by atoms with Gasteiger partial charge in [-0.2, -0.15) is 5.10 Å². The molecule has 3 heterocycles. The van der Waals surface area contributed by atoms with Gasteiger partial charge in [-0.25, -0.2) is 19.0 Å². The number of carbonyl (C=O) groups excluding carboxylic acids is 1. The zero-order valence-corrected chi connectivity index (χ0v) is 13.0. The van der Waals surface area contributed by atoms with Crippen molar-refractivity contribution in [3.8, 4) is 5.69 Å². The van der Waals surface area contributed by atoms with E-state index >= 15 is 0 Å². The Morgan fingerprint density at radius 2 is 2.04 bits per heavy atom. The van der Waals surface area contributed by atoms with Gasteiger partial charge in [0.25, 0.3) is 0 Å². The van der Waals surface area contributed by atoms with Crippen LogP contribution < -0.4 is 0 Å². The number of halogens is 1. The van der Waals surface area contributed by atoms with Crippen LogP contribution in [-0.4, -0.2) is 29.9 Å². The summed E-state index contributed by atoms with van der Waals surface area (Å²) in [5.74, 6) is -0.148. The first-order valence-electron chi connectivity index (χ1n) is 7.52. The highest BCUT2D eigenvalue weighted by Crippen LogP contribution is 2.13. The molecule has 0 aliphatic heterocycles. The van der Waals surface area contributed by atoms with Crippen LogP contribution in [0.5, 0.6) is 0 Å². The third-order valence-corrected chi connectivity index (χ3v) is 3.62. The number of para-hydroxylation sites is 1. The van der Waals surface area contributed by atoms with Gasteiger partial charge in [0.1, 0.15) is 17.2 Å². The maximum Gasteiger partial charge on any atom is 0.234 e. The SMILES string of the molecule is O=C(/C=C/c1cnn(-c2ccccc2F)c1)c1cn2cccnc2n1. The first-order chi connectivity index (χ1) is 12.2. The number of carbonyl (C=O) groups is 1. The van der Waals surface area contributed by atoms with Crippen molar-refractivity contribution >= 4 is 17.6 Å². The van der Waals surface area contributed by atoms with Gasteiger partial charge in [0.05, 0.1) is 6.20 Å². The molecule has 0 spiro atoms. The molecule has 4 rings (SSSR count). The molecular weight excluding hydrogens is 321 g/mol. The Morgan fingerprint density at radius 1 is 1.16 bits per heavy atom. The summed E-state index contributed by atoms with van der Waals surface area (Å²) in [6.07, 6.45) is 11.2. The molecule has 0 unspecified atom stereocenters. The summed E-state index contributed by atoms with van der Waals surface area (Å²) in [5.41, 5.74) is 1.33. The minimum Gasteiger partial charge on any atom is -0.290 e. The topological polar surface area (TPSA) is 65.1 Å². The Labute approximate surface area is 141 Å². The standard InChI is InChI=1S/C18H12FN5O/c19-14-4-1-2-5-16(14)24-11-13(10-21-24)6-7-17(25)15-12-23-9-3-8-20-18(23)22-15/h1-12H/b7-6+. The molecule has 1 aromatic carbocycles. The summed E-state index contributed by atoms with van der Waals surface area (Å²) in [4.78, 5) is 20.5. The summed E-state index contributed by atoms with van der Waals surface area (Å²) in [7, 11) is 0. The zero-order chi connectivity index (χ0) is 17.2. The van der Waals surface area contributed by atoms with E-state index in [1.165, 1.54) is 16.8 Å². The molecular formula is C18H12FN5O. The van der Waals surface area contributed by atoms with Crippen LogP contribution in [0.25, 0.3) is 17.5 Å². The van der Waals surface area contributed by atoms with Gasteiger partial charge in [0, 0.05) is 30.4 Å². The number of benzene rings is 1. The minimum absolute atomic E-state index is 0.246. The van der Waals surface area contributed by atoms with E-state index in [0.717, 1.165) is 0 Å². The van der Waals surface area contributed by atoms with E-state index in [1.54, 1.807) is 65.7 Å². The van der Waals surface area contributed by atoms with Crippen molar-refractivity contribution in [1.29, 1.82) is 0 Å². The van der Waals surface area contributed by atoms with Crippen LogP contribution >= 0.6 is 0 Å². The number of fused-ring (bicyclic) bond motifs is 1. The quantitative estimate of drug-likeness (QED) is 0.425. The van der Waals surface area contributed by atoms with E-state index in [-0.39, 0.29) is 11.6 Å². The molecule has 122 valence electrons. The lowest BCUT2D eigenvalue weighted by atomic mass is 10.2. The second kappa shape index (κ2) is 6.12. The van der Waals surface area contributed by atoms with Crippen LogP contribution in [0, 0.1) is 5.82 Å². The third kappa shape index (κ3) is 2.94. The minimum atomic E-state index is -0.366. The maximum absolute atomic E-state index is 13.8. The highest BCUT2D eigenvalue weighted by atomic mass is 19.1. The largest absolute Gasteiger partial charge is 0.290 e. The smallest absolute Gasteiger partial charge is 0.234 e. The summed E-state index contributed by atoms with van der Waals surface area (Å²) >= 11 is 0. The fourth-order valence-corrected chi connectivity index (χ4v) is 2.40. The van der Waals surface area contributed by atoms with Crippen LogP contribution in [-0.2, 0) is 0 Å². The van der Waals surface area contributed by atoms with E-state index < -0.39 is 0 Å². The predicted molar refractivity (Wildman–Crippen MR) is 89.9 cm³/mol. The van der Waals surface area contributed by atoms with Crippen molar-refractivity contribution in [1.82, 2.24) is 24.1 Å². The number of rotatable bonds is 4. The summed E-state index contributed by atoms with van der Waals surface area (Å²) in [5, 5.41) is 4.12. The first-order valence-corrected chi connectivity index (χ1v) is 7.52. The molecule has 0 radical (unpaired) electrons. The van der Waals surface area contributed by atoms with Crippen molar-refractivity contribution in [2.24, 2.45) is 0 Å². The van der Waals surface area contributed by atoms with E-state index in [4.69, 9.17) is 0 Å². The molecule has 3 aromatic heterocycles. The van der Waals surface area contributed by atoms with Gasteiger partial charge in [0.2, 0.25) is 11.6 Å². The molecule has 6 nitrogen and oxygen atoms in total. The third-order valence-electron chi connectivity index (χ3n) is 3.62. The van der Waals surface area contributed by atoms with Crippen molar-refractivity contribution < 1.29 is 9.18 Å². The van der Waals surface area contributed by atoms with Gasteiger partial charge in [0.15, 0.2) is 0 Å². The Balaban J connectivity index is 1.56. The van der Waals surface area contributed by atoms with Gasteiger partial charge in [-0.15, -0.1) is 0 Å². The highest BCUT2D eigenvalue weighted by molar-refractivity contribution is 6.05. The van der Waals surface area contributed by atoms with E-state index in [1.807, 2.05) is 0 Å². The van der Waals surface area contributed by atoms with Crippen LogP contribution in [0.2, 0.25) is 0 Å². The molecule has 7 heteroatoms. The fourth-order valence-electron chi connectivity index (χ4n) is 2.40. The highest BCUT2D eigenvalue weighted by Gasteiger charge is 2.09. The Morgan fingerprint density at radius 3 is 2.88 bits per heavy atom. The average molecular weight is 333 g/mol. The van der Waals surface area contributed by atoms with E-state index in [2.05, 4.69) is 15.1 Å². The van der Waals surface area contributed by atoms with E-state index in [0.29, 0.717) is 22.7 Å². The molecule has 0 aliphatic carbocycles. The molecule has 4 aromatic rings. The van der Waals surface area contributed by atoms with Crippen LogP contribution in [0.15, 0.2) is 67.4 Å². The molecule has 0 saturated heterocycles. The van der Waals surface area contributed by atoms with Crippen molar-refractivity contribution in [2.45, 2.75) is 0 Å². The van der Waals surface area contributed by atoms with Crippen molar-refractivity contribution in [3.63, 3.8) is 0 Å². The van der Waals surface area contributed by atoms with Gasteiger partial charge < -0.3 is 0 Å². The first kappa shape index (κ1) is 14.9. The fraction of sp³-hybridized carbons (Fsp3) is 0. The van der Waals surface area contributed by atoms with Crippen LogP contribution in [0.1, 0.15) is 16.1 Å². The Kier molecular flexibility index (Phi) is 3.66. The second-order valence-corrected chi connectivity index (χ2v) is 5.32. The zero-order valence-electron chi connectivity index (χ0n) is 13.0. The van der Waals surface area contributed by atoms with Gasteiger partial charge in [-0.05, 0) is 30.4 Å². The number of hydrogen-bond donors (Lipinski definition) is 0. The number of nitrogens with zero attached hydrogens (tertiary/aromatic N) is 5. The summed E-state index contributed by atoms with van der Waals surface area (Å²) in [6, 6.07) is 8.11. The number of imidazole rings is 1. The lowest BCUT2D eigenvalue weighted by Crippen LogP contribution is -1.97. The van der Waals surface area contributed by atoms with Gasteiger partial charge in [-0.1, -0.05) is 12.1 Å². The van der Waals surface area contributed by atoms with Crippen molar-refractivity contribution in [2.75, 3.05) is 0 Å². The molecule has 0 amide bonds. The number of hydrogen-bond acceptors (Lipinski definition) is 4. The maximum atomic E-state index is 13.8. The average Bonchev–Trinajstić information content (AvgIpc) is 3.27. The predicted octanol–water partition coefficient (Wildman–Crippen LogP) is 2.95. The lowest BCUT2D eigenvalue weighted by Gasteiger charge is -2.01. The number of allylic oxidation sites excluding steroid dienone is 1. The number of ketones is 1. The lowest BCUT2D eigenvalue weighted by molar-refractivity contribution is 0.104. The normalized spacial score (nSPS) is 11.4. The summed E-state index contributed by atoms with van der Waals surface area (Å²) in [6.45, 7) is 0. The Hall–Kier alpha value is -3.61. The van der Waals surface area contributed by atoms with Gasteiger partial charge in [-0.3, -0.25) is 9.20 Å². The number of aromatic nitrogens is 5. The molecule has 0 aliphatic rings. The summed E-state index contributed by atoms with van der Waals surface area (Å²) < 4.78 is 16.9. The molecule has 0 bridgehead atoms. The molecule has 0 atom stereocenters. The molecule has 0 saturated carbocycles. The molecule has 25 heavy (non-hydrogen) atoms.